The minimum absolute atomic E-state index is 0.00118. The second-order valence-electron chi connectivity index (χ2n) is 6.94. The number of amides is 1. The van der Waals surface area contributed by atoms with Crippen LogP contribution in [0, 0.1) is 0 Å². The van der Waals surface area contributed by atoms with Gasteiger partial charge in [0.25, 0.3) is 5.91 Å². The average Bonchev–Trinajstić information content (AvgIpc) is 3.16. The topological polar surface area (TPSA) is 64.6 Å². The van der Waals surface area contributed by atoms with Crippen molar-refractivity contribution in [3.8, 4) is 0 Å². The summed E-state index contributed by atoms with van der Waals surface area (Å²) in [5.41, 5.74) is 1.27. The summed E-state index contributed by atoms with van der Waals surface area (Å²) in [6.45, 7) is 2.50. The zero-order valence-corrected chi connectivity index (χ0v) is 14.7. The molecule has 4 rings (SSSR count). The number of rotatable bonds is 4. The minimum atomic E-state index is -0.404. The highest BCUT2D eigenvalue weighted by Crippen LogP contribution is 2.37. The first kappa shape index (κ1) is 17.1. The molecule has 0 saturated carbocycles. The van der Waals surface area contributed by atoms with Crippen LogP contribution in [0.1, 0.15) is 35.2 Å². The number of hydrogen-bond donors (Lipinski definition) is 0. The van der Waals surface area contributed by atoms with E-state index >= 15 is 0 Å². The number of nitrogens with zero attached hydrogens (tertiary/aromatic N) is 3. The zero-order valence-electron chi connectivity index (χ0n) is 14.7. The molecule has 0 N–H and O–H groups in total. The largest absolute Gasteiger partial charge is 0.370 e. The predicted molar refractivity (Wildman–Crippen MR) is 95.5 cm³/mol. The molecule has 2 aliphatic heterocycles. The molecule has 2 fully saturated rings. The molecule has 2 aliphatic rings. The molecule has 0 bridgehead atoms. The van der Waals surface area contributed by atoms with Crippen molar-refractivity contribution in [1.82, 2.24) is 14.9 Å². The predicted octanol–water partition coefficient (Wildman–Crippen LogP) is 2.46. The summed E-state index contributed by atoms with van der Waals surface area (Å²) >= 11 is 0. The second kappa shape index (κ2) is 7.51. The van der Waals surface area contributed by atoms with Gasteiger partial charge in [0.15, 0.2) is 0 Å². The first-order chi connectivity index (χ1) is 12.8. The third-order valence-corrected chi connectivity index (χ3v) is 5.23. The van der Waals surface area contributed by atoms with Gasteiger partial charge in [-0.1, -0.05) is 30.3 Å². The van der Waals surface area contributed by atoms with Crippen molar-refractivity contribution < 1.29 is 14.3 Å². The number of likely N-dealkylation sites (tertiary alicyclic amines) is 1. The number of carbonyl (C=O) groups excluding carboxylic acids is 1. The Morgan fingerprint density at radius 2 is 2.08 bits per heavy atom. The maximum atomic E-state index is 12.8. The molecule has 3 heterocycles. The molecule has 2 aromatic rings. The van der Waals surface area contributed by atoms with Crippen LogP contribution in [0.5, 0.6) is 0 Å². The van der Waals surface area contributed by atoms with Crippen molar-refractivity contribution in [2.45, 2.75) is 37.6 Å². The number of hydrogen-bond acceptors (Lipinski definition) is 5. The molecule has 1 spiro atoms. The summed E-state index contributed by atoms with van der Waals surface area (Å²) in [4.78, 5) is 22.5. The minimum Gasteiger partial charge on any atom is -0.370 e. The van der Waals surface area contributed by atoms with E-state index in [9.17, 15) is 4.79 Å². The quantitative estimate of drug-likeness (QED) is 0.845. The van der Waals surface area contributed by atoms with E-state index in [1.807, 2.05) is 23.1 Å². The van der Waals surface area contributed by atoms with Crippen LogP contribution in [0.15, 0.2) is 49.1 Å². The standard InChI is InChI=1S/C20H23N3O3/c24-19(17-11-21-15-22-12-17)23-9-7-18(20(14-23)8-4-10-26-20)25-13-16-5-2-1-3-6-16/h1-3,5-6,11-12,15,18H,4,7-10,13-14H2/t18-,20-/m0/s1. The fourth-order valence-corrected chi connectivity index (χ4v) is 3.91. The molecule has 1 amide bonds. The van der Waals surface area contributed by atoms with Gasteiger partial charge in [-0.2, -0.15) is 0 Å². The van der Waals surface area contributed by atoms with Crippen LogP contribution in [0.2, 0.25) is 0 Å². The van der Waals surface area contributed by atoms with E-state index in [1.54, 1.807) is 12.4 Å². The van der Waals surface area contributed by atoms with Crippen LogP contribution in [0.25, 0.3) is 0 Å². The first-order valence-electron chi connectivity index (χ1n) is 9.11. The van der Waals surface area contributed by atoms with Gasteiger partial charge < -0.3 is 14.4 Å². The van der Waals surface area contributed by atoms with Crippen LogP contribution >= 0.6 is 0 Å². The van der Waals surface area contributed by atoms with Gasteiger partial charge in [0.2, 0.25) is 0 Å². The fraction of sp³-hybridized carbons (Fsp3) is 0.450. The summed E-state index contributed by atoms with van der Waals surface area (Å²) in [5, 5.41) is 0. The molecule has 1 aromatic heterocycles. The van der Waals surface area contributed by atoms with E-state index in [-0.39, 0.29) is 12.0 Å². The fourth-order valence-electron chi connectivity index (χ4n) is 3.91. The monoisotopic (exact) mass is 353 g/mol. The van der Waals surface area contributed by atoms with Crippen LogP contribution in [-0.2, 0) is 16.1 Å². The van der Waals surface area contributed by atoms with Crippen molar-refractivity contribution in [2.75, 3.05) is 19.7 Å². The van der Waals surface area contributed by atoms with Crippen LogP contribution < -0.4 is 0 Å². The number of carbonyl (C=O) groups is 1. The molecule has 6 nitrogen and oxygen atoms in total. The van der Waals surface area contributed by atoms with E-state index in [2.05, 4.69) is 22.1 Å². The Morgan fingerprint density at radius 3 is 2.81 bits per heavy atom. The highest BCUT2D eigenvalue weighted by molar-refractivity contribution is 5.93. The first-order valence-corrected chi connectivity index (χ1v) is 9.11. The summed E-state index contributed by atoms with van der Waals surface area (Å²) in [6, 6.07) is 10.2. The van der Waals surface area contributed by atoms with Gasteiger partial charge in [-0.05, 0) is 24.8 Å². The molecular weight excluding hydrogens is 330 g/mol. The van der Waals surface area contributed by atoms with Crippen molar-refractivity contribution >= 4 is 5.91 Å². The third kappa shape index (κ3) is 3.48. The van der Waals surface area contributed by atoms with Crippen LogP contribution in [0.3, 0.4) is 0 Å². The van der Waals surface area contributed by atoms with Gasteiger partial charge in [-0.3, -0.25) is 4.79 Å². The van der Waals surface area contributed by atoms with Gasteiger partial charge in [0.05, 0.1) is 24.8 Å². The molecule has 26 heavy (non-hydrogen) atoms. The van der Waals surface area contributed by atoms with Gasteiger partial charge in [-0.25, -0.2) is 9.97 Å². The van der Waals surface area contributed by atoms with Crippen molar-refractivity contribution in [2.24, 2.45) is 0 Å². The Hall–Kier alpha value is -2.31. The maximum Gasteiger partial charge on any atom is 0.257 e. The van der Waals surface area contributed by atoms with Gasteiger partial charge in [0, 0.05) is 25.5 Å². The lowest BCUT2D eigenvalue weighted by Crippen LogP contribution is -2.58. The lowest BCUT2D eigenvalue weighted by molar-refractivity contribution is -0.153. The van der Waals surface area contributed by atoms with Crippen molar-refractivity contribution in [1.29, 1.82) is 0 Å². The Morgan fingerprint density at radius 1 is 1.27 bits per heavy atom. The third-order valence-electron chi connectivity index (χ3n) is 5.23. The average molecular weight is 353 g/mol. The summed E-state index contributed by atoms with van der Waals surface area (Å²) in [5.74, 6) is -0.0398. The molecule has 2 atom stereocenters. The van der Waals surface area contributed by atoms with E-state index in [1.165, 1.54) is 6.33 Å². The highest BCUT2D eigenvalue weighted by Gasteiger charge is 2.48. The molecule has 1 aromatic carbocycles. The number of aromatic nitrogens is 2. The highest BCUT2D eigenvalue weighted by atomic mass is 16.6. The molecule has 0 radical (unpaired) electrons. The van der Waals surface area contributed by atoms with Crippen molar-refractivity contribution in [3.63, 3.8) is 0 Å². The summed E-state index contributed by atoms with van der Waals surface area (Å²) < 4.78 is 12.4. The lowest BCUT2D eigenvalue weighted by Gasteiger charge is -2.45. The Labute approximate surface area is 153 Å². The normalized spacial score (nSPS) is 25.5. The summed E-state index contributed by atoms with van der Waals surface area (Å²) in [6.07, 6.45) is 7.25. The van der Waals surface area contributed by atoms with Crippen molar-refractivity contribution in [3.05, 3.63) is 60.2 Å². The maximum absolute atomic E-state index is 12.8. The molecular formula is C20H23N3O3. The van der Waals surface area contributed by atoms with E-state index in [0.717, 1.165) is 31.4 Å². The number of piperidine rings is 1. The molecule has 0 aliphatic carbocycles. The number of ether oxygens (including phenoxy) is 2. The van der Waals surface area contributed by atoms with Gasteiger partial charge in [-0.15, -0.1) is 0 Å². The Bertz CT molecular complexity index is 732. The van der Waals surface area contributed by atoms with Crippen LogP contribution in [0.4, 0.5) is 0 Å². The Balaban J connectivity index is 1.46. The number of benzene rings is 1. The molecule has 0 unspecified atom stereocenters. The van der Waals surface area contributed by atoms with E-state index in [0.29, 0.717) is 25.3 Å². The van der Waals surface area contributed by atoms with Gasteiger partial charge in [0.1, 0.15) is 11.9 Å². The van der Waals surface area contributed by atoms with E-state index in [4.69, 9.17) is 9.47 Å². The second-order valence-corrected chi connectivity index (χ2v) is 6.94. The smallest absolute Gasteiger partial charge is 0.257 e. The van der Waals surface area contributed by atoms with Gasteiger partial charge >= 0.3 is 0 Å². The molecule has 136 valence electrons. The zero-order chi connectivity index (χ0) is 17.8. The Kier molecular flexibility index (Phi) is 4.95. The SMILES string of the molecule is O=C(c1cncnc1)N1CC[C@H](OCc2ccccc2)[C@]2(CCCO2)C1. The van der Waals surface area contributed by atoms with E-state index < -0.39 is 5.60 Å². The molecule has 2 saturated heterocycles. The van der Waals surface area contributed by atoms with Crippen LogP contribution in [-0.4, -0.2) is 52.2 Å². The lowest BCUT2D eigenvalue weighted by atomic mass is 9.86. The summed E-state index contributed by atoms with van der Waals surface area (Å²) in [7, 11) is 0. The molecule has 6 heteroatoms.